The first kappa shape index (κ1) is 12.9. The molecule has 108 valence electrons. The van der Waals surface area contributed by atoms with Crippen LogP contribution in [0.15, 0.2) is 30.9 Å². The zero-order valence-electron chi connectivity index (χ0n) is 12.2. The van der Waals surface area contributed by atoms with Gasteiger partial charge in [0.05, 0.1) is 5.69 Å². The maximum Gasteiger partial charge on any atom is 0.115 e. The predicted octanol–water partition coefficient (Wildman–Crippen LogP) is 2.35. The second kappa shape index (κ2) is 5.53. The monoisotopic (exact) mass is 280 g/mol. The predicted molar refractivity (Wildman–Crippen MR) is 80.9 cm³/mol. The summed E-state index contributed by atoms with van der Waals surface area (Å²) in [6, 6.07) is 4.21. The molecule has 0 aromatic carbocycles. The van der Waals surface area contributed by atoms with Crippen LogP contribution in [0, 0.1) is 0 Å². The van der Waals surface area contributed by atoms with Gasteiger partial charge in [-0.05, 0) is 42.5 Å². The van der Waals surface area contributed by atoms with Gasteiger partial charge in [-0.1, -0.05) is 0 Å². The van der Waals surface area contributed by atoms with Crippen LogP contribution in [0.1, 0.15) is 41.3 Å². The van der Waals surface area contributed by atoms with Crippen LogP contribution in [-0.2, 0) is 19.4 Å². The average Bonchev–Trinajstić information content (AvgIpc) is 3.36. The Hall–Kier alpha value is -1.81. The molecule has 2 aliphatic rings. The molecule has 0 atom stereocenters. The van der Waals surface area contributed by atoms with Crippen LogP contribution in [0.2, 0.25) is 0 Å². The summed E-state index contributed by atoms with van der Waals surface area (Å²) in [7, 11) is 0. The van der Waals surface area contributed by atoms with Crippen LogP contribution in [-0.4, -0.2) is 32.9 Å². The molecule has 1 fully saturated rings. The standard InChI is InChI=1S/C17H20N4/c1-2-14(1)17-15-5-9-21(10-6-16(15)19-12-20-17)11-13-3-7-18-8-4-13/h3-4,7-8,12,14H,1-2,5-6,9-11H2. The molecular weight excluding hydrogens is 260 g/mol. The van der Waals surface area contributed by atoms with E-state index in [2.05, 4.69) is 32.0 Å². The summed E-state index contributed by atoms with van der Waals surface area (Å²) in [4.78, 5) is 15.7. The van der Waals surface area contributed by atoms with E-state index in [0.717, 1.165) is 32.5 Å². The molecule has 0 unspecified atom stereocenters. The number of fused-ring (bicyclic) bond motifs is 1. The second-order valence-corrected chi connectivity index (χ2v) is 6.09. The smallest absolute Gasteiger partial charge is 0.115 e. The number of nitrogens with zero attached hydrogens (tertiary/aromatic N) is 4. The molecule has 4 nitrogen and oxygen atoms in total. The Bertz CT molecular complexity index is 622. The van der Waals surface area contributed by atoms with E-state index in [1.807, 2.05) is 12.4 Å². The fourth-order valence-corrected chi connectivity index (χ4v) is 3.21. The van der Waals surface area contributed by atoms with E-state index in [-0.39, 0.29) is 0 Å². The van der Waals surface area contributed by atoms with E-state index in [1.165, 1.54) is 35.4 Å². The summed E-state index contributed by atoms with van der Waals surface area (Å²) < 4.78 is 0. The van der Waals surface area contributed by atoms with Gasteiger partial charge in [0.25, 0.3) is 0 Å². The van der Waals surface area contributed by atoms with Crippen LogP contribution < -0.4 is 0 Å². The summed E-state index contributed by atoms with van der Waals surface area (Å²) in [6.45, 7) is 3.18. The minimum Gasteiger partial charge on any atom is -0.298 e. The van der Waals surface area contributed by atoms with Crippen molar-refractivity contribution in [1.29, 1.82) is 0 Å². The van der Waals surface area contributed by atoms with E-state index in [1.54, 1.807) is 6.33 Å². The molecule has 0 spiro atoms. The molecular formula is C17H20N4. The molecule has 1 aliphatic carbocycles. The Morgan fingerprint density at radius 2 is 1.86 bits per heavy atom. The molecule has 1 saturated carbocycles. The number of hydrogen-bond acceptors (Lipinski definition) is 4. The molecule has 4 heteroatoms. The van der Waals surface area contributed by atoms with E-state index in [0.29, 0.717) is 5.92 Å². The molecule has 4 rings (SSSR count). The highest BCUT2D eigenvalue weighted by atomic mass is 15.1. The maximum absolute atomic E-state index is 4.57. The van der Waals surface area contributed by atoms with Gasteiger partial charge < -0.3 is 0 Å². The van der Waals surface area contributed by atoms with Crippen molar-refractivity contribution in [2.75, 3.05) is 13.1 Å². The third-order valence-electron chi connectivity index (χ3n) is 4.53. The highest BCUT2D eigenvalue weighted by Crippen LogP contribution is 2.41. The topological polar surface area (TPSA) is 41.9 Å². The van der Waals surface area contributed by atoms with E-state index < -0.39 is 0 Å². The Labute approximate surface area is 125 Å². The molecule has 2 aromatic rings. The minimum absolute atomic E-state index is 0.716. The number of rotatable bonds is 3. The number of aromatic nitrogens is 3. The molecule has 2 aromatic heterocycles. The fraction of sp³-hybridized carbons (Fsp3) is 0.471. The molecule has 1 aliphatic heterocycles. The van der Waals surface area contributed by atoms with E-state index in [4.69, 9.17) is 0 Å². The summed E-state index contributed by atoms with van der Waals surface area (Å²) in [5.74, 6) is 0.716. The summed E-state index contributed by atoms with van der Waals surface area (Å²) >= 11 is 0. The zero-order chi connectivity index (χ0) is 14.1. The highest BCUT2D eigenvalue weighted by molar-refractivity contribution is 5.31. The molecule has 21 heavy (non-hydrogen) atoms. The normalized spacial score (nSPS) is 19.0. The molecule has 0 saturated heterocycles. The summed E-state index contributed by atoms with van der Waals surface area (Å²) in [5.41, 5.74) is 5.40. The first-order chi connectivity index (χ1) is 10.4. The van der Waals surface area contributed by atoms with Crippen molar-refractivity contribution in [2.24, 2.45) is 0 Å². The molecule has 0 bridgehead atoms. The largest absolute Gasteiger partial charge is 0.298 e. The van der Waals surface area contributed by atoms with Gasteiger partial charge in [0, 0.05) is 50.1 Å². The van der Waals surface area contributed by atoms with Gasteiger partial charge in [0.1, 0.15) is 6.33 Å². The van der Waals surface area contributed by atoms with E-state index >= 15 is 0 Å². The second-order valence-electron chi connectivity index (χ2n) is 6.09. The third kappa shape index (κ3) is 2.81. The quantitative estimate of drug-likeness (QED) is 0.865. The summed E-state index contributed by atoms with van der Waals surface area (Å²) in [6.07, 6.45) is 10.3. The van der Waals surface area contributed by atoms with Gasteiger partial charge >= 0.3 is 0 Å². The van der Waals surface area contributed by atoms with Gasteiger partial charge in [-0.25, -0.2) is 9.97 Å². The fourth-order valence-electron chi connectivity index (χ4n) is 3.21. The molecule has 0 radical (unpaired) electrons. The minimum atomic E-state index is 0.716. The van der Waals surface area contributed by atoms with Crippen molar-refractivity contribution in [2.45, 2.75) is 38.1 Å². The molecule has 0 N–H and O–H groups in total. The van der Waals surface area contributed by atoms with Crippen LogP contribution in [0.25, 0.3) is 0 Å². The van der Waals surface area contributed by atoms with Crippen LogP contribution >= 0.6 is 0 Å². The summed E-state index contributed by atoms with van der Waals surface area (Å²) in [5, 5.41) is 0. The first-order valence-electron chi connectivity index (χ1n) is 7.84. The maximum atomic E-state index is 4.57. The van der Waals surface area contributed by atoms with Crippen molar-refractivity contribution < 1.29 is 0 Å². The molecule has 0 amide bonds. The van der Waals surface area contributed by atoms with Gasteiger partial charge in [-0.15, -0.1) is 0 Å². The number of hydrogen-bond donors (Lipinski definition) is 0. The van der Waals surface area contributed by atoms with Gasteiger partial charge in [0.2, 0.25) is 0 Å². The van der Waals surface area contributed by atoms with Crippen molar-refractivity contribution in [3.05, 3.63) is 53.4 Å². The first-order valence-corrected chi connectivity index (χ1v) is 7.84. The van der Waals surface area contributed by atoms with Crippen LogP contribution in [0.4, 0.5) is 0 Å². The number of pyridine rings is 1. The Balaban J connectivity index is 1.51. The SMILES string of the molecule is c1cc(CN2CCc3ncnc(C4CC4)c3CC2)ccn1. The Kier molecular flexibility index (Phi) is 3.39. The lowest BCUT2D eigenvalue weighted by Crippen LogP contribution is -2.26. The lowest BCUT2D eigenvalue weighted by atomic mass is 10.0. The van der Waals surface area contributed by atoms with Crippen molar-refractivity contribution in [3.63, 3.8) is 0 Å². The average molecular weight is 280 g/mol. The molecule has 3 heterocycles. The van der Waals surface area contributed by atoms with Crippen LogP contribution in [0.3, 0.4) is 0 Å². The van der Waals surface area contributed by atoms with Crippen LogP contribution in [0.5, 0.6) is 0 Å². The third-order valence-corrected chi connectivity index (χ3v) is 4.53. The van der Waals surface area contributed by atoms with E-state index in [9.17, 15) is 0 Å². The Morgan fingerprint density at radius 1 is 1.05 bits per heavy atom. The van der Waals surface area contributed by atoms with Gasteiger partial charge in [-0.2, -0.15) is 0 Å². The Morgan fingerprint density at radius 3 is 2.67 bits per heavy atom. The lowest BCUT2D eigenvalue weighted by molar-refractivity contribution is 0.278. The highest BCUT2D eigenvalue weighted by Gasteiger charge is 2.29. The zero-order valence-corrected chi connectivity index (χ0v) is 12.2. The van der Waals surface area contributed by atoms with Gasteiger partial charge in [-0.3, -0.25) is 9.88 Å². The lowest BCUT2D eigenvalue weighted by Gasteiger charge is -2.19. The van der Waals surface area contributed by atoms with Gasteiger partial charge in [0.15, 0.2) is 0 Å². The van der Waals surface area contributed by atoms with Crippen molar-refractivity contribution in [3.8, 4) is 0 Å². The van der Waals surface area contributed by atoms with Crippen molar-refractivity contribution >= 4 is 0 Å². The van der Waals surface area contributed by atoms with Crippen molar-refractivity contribution in [1.82, 2.24) is 19.9 Å².